The van der Waals surface area contributed by atoms with E-state index in [1.165, 1.54) is 0 Å². The predicted octanol–water partition coefficient (Wildman–Crippen LogP) is 3.05. The molecule has 0 aliphatic heterocycles. The van der Waals surface area contributed by atoms with Crippen LogP contribution in [0.5, 0.6) is 0 Å². The maximum atomic E-state index is 5.74. The van der Waals surface area contributed by atoms with E-state index in [0.29, 0.717) is 5.95 Å². The predicted molar refractivity (Wildman–Crippen MR) is 67.2 cm³/mol. The van der Waals surface area contributed by atoms with Crippen molar-refractivity contribution in [2.75, 3.05) is 11.9 Å². The quantitative estimate of drug-likeness (QED) is 0.822. The second kappa shape index (κ2) is 4.72. The Balaban J connectivity index is 3.00. The Hall–Kier alpha value is -0.610. The molecule has 1 unspecified atom stereocenters. The molecule has 1 aromatic heterocycles. The van der Waals surface area contributed by atoms with Crippen LogP contribution in [0.1, 0.15) is 27.7 Å². The molecule has 1 atom stereocenters. The molecule has 0 fully saturated rings. The molecule has 0 aromatic carbocycles. The highest BCUT2D eigenvalue weighted by Gasteiger charge is 2.25. The average molecular weight is 263 g/mol. The number of halogens is 2. The first-order chi connectivity index (χ1) is 7.21. The van der Waals surface area contributed by atoms with E-state index in [9.17, 15) is 0 Å². The first kappa shape index (κ1) is 13.5. The number of rotatable bonds is 2. The summed E-state index contributed by atoms with van der Waals surface area (Å²) in [7, 11) is 1.91. The topological polar surface area (TPSA) is 41.9 Å². The normalized spacial score (nSPS) is 13.7. The summed E-state index contributed by atoms with van der Waals surface area (Å²) >= 11 is 11.5. The maximum absolute atomic E-state index is 5.74. The smallest absolute Gasteiger partial charge is 0.230 e. The SMILES string of the molecule is CC(N(C)c1nc(Cl)nc(Cl)n1)C(C)(C)C. The molecule has 0 bridgehead atoms. The van der Waals surface area contributed by atoms with Crippen LogP contribution in [0.3, 0.4) is 0 Å². The van der Waals surface area contributed by atoms with Gasteiger partial charge >= 0.3 is 0 Å². The molecule has 6 heteroatoms. The van der Waals surface area contributed by atoms with Crippen molar-refractivity contribution in [1.82, 2.24) is 15.0 Å². The number of nitrogens with zero attached hydrogens (tertiary/aromatic N) is 4. The van der Waals surface area contributed by atoms with Gasteiger partial charge in [-0.2, -0.15) is 15.0 Å². The lowest BCUT2D eigenvalue weighted by Crippen LogP contribution is -2.40. The molecule has 0 N–H and O–H groups in total. The van der Waals surface area contributed by atoms with E-state index < -0.39 is 0 Å². The van der Waals surface area contributed by atoms with Gasteiger partial charge in [0.05, 0.1) is 0 Å². The van der Waals surface area contributed by atoms with Gasteiger partial charge in [0.25, 0.3) is 0 Å². The van der Waals surface area contributed by atoms with Crippen LogP contribution in [0.25, 0.3) is 0 Å². The second-order valence-corrected chi connectivity index (χ2v) is 5.50. The van der Waals surface area contributed by atoms with Crippen molar-refractivity contribution in [1.29, 1.82) is 0 Å². The van der Waals surface area contributed by atoms with E-state index in [2.05, 4.69) is 42.6 Å². The van der Waals surface area contributed by atoms with Crippen LogP contribution in [-0.4, -0.2) is 28.0 Å². The van der Waals surface area contributed by atoms with E-state index in [1.54, 1.807) is 0 Å². The Morgan fingerprint density at radius 2 is 1.50 bits per heavy atom. The van der Waals surface area contributed by atoms with Crippen LogP contribution < -0.4 is 4.90 Å². The van der Waals surface area contributed by atoms with Crippen molar-refractivity contribution in [3.05, 3.63) is 10.6 Å². The minimum absolute atomic E-state index is 0.111. The molecular weight excluding hydrogens is 247 g/mol. The molecule has 1 rings (SSSR count). The number of hydrogen-bond acceptors (Lipinski definition) is 4. The summed E-state index contributed by atoms with van der Waals surface area (Å²) in [6.07, 6.45) is 0. The van der Waals surface area contributed by atoms with Crippen molar-refractivity contribution in [2.45, 2.75) is 33.7 Å². The monoisotopic (exact) mass is 262 g/mol. The molecule has 90 valence electrons. The van der Waals surface area contributed by atoms with Gasteiger partial charge in [0, 0.05) is 13.1 Å². The van der Waals surface area contributed by atoms with E-state index in [4.69, 9.17) is 23.2 Å². The molecule has 0 aliphatic carbocycles. The number of aromatic nitrogens is 3. The average Bonchev–Trinajstić information content (AvgIpc) is 2.12. The van der Waals surface area contributed by atoms with Crippen LogP contribution >= 0.6 is 23.2 Å². The standard InChI is InChI=1S/C10H16Cl2N4/c1-6(10(2,3)4)16(5)9-14-7(11)13-8(12)15-9/h6H,1-5H3. The van der Waals surface area contributed by atoms with Crippen molar-refractivity contribution < 1.29 is 0 Å². The third-order valence-electron chi connectivity index (χ3n) is 2.72. The molecule has 1 aromatic rings. The molecule has 0 aliphatic rings. The van der Waals surface area contributed by atoms with Gasteiger partial charge in [-0.25, -0.2) is 0 Å². The summed E-state index contributed by atoms with van der Waals surface area (Å²) in [5.41, 5.74) is 0.111. The van der Waals surface area contributed by atoms with Crippen LogP contribution in [-0.2, 0) is 0 Å². The lowest BCUT2D eigenvalue weighted by atomic mass is 9.87. The Kier molecular flexibility index (Phi) is 3.97. The fourth-order valence-electron chi connectivity index (χ4n) is 1.23. The maximum Gasteiger partial charge on any atom is 0.230 e. The minimum atomic E-state index is 0.111. The highest BCUT2D eigenvalue weighted by molar-refractivity contribution is 6.31. The zero-order valence-electron chi connectivity index (χ0n) is 10.1. The lowest BCUT2D eigenvalue weighted by molar-refractivity contribution is 0.327. The van der Waals surface area contributed by atoms with Gasteiger partial charge in [-0.1, -0.05) is 20.8 Å². The van der Waals surface area contributed by atoms with E-state index in [0.717, 1.165) is 0 Å². The van der Waals surface area contributed by atoms with Crippen LogP contribution in [0.2, 0.25) is 10.6 Å². The largest absolute Gasteiger partial charge is 0.340 e. The molecule has 0 saturated carbocycles. The third kappa shape index (κ3) is 3.19. The zero-order valence-corrected chi connectivity index (χ0v) is 11.6. The summed E-state index contributed by atoms with van der Waals surface area (Å²) in [6, 6.07) is 0.252. The van der Waals surface area contributed by atoms with Gasteiger partial charge in [-0.3, -0.25) is 0 Å². The summed E-state index contributed by atoms with van der Waals surface area (Å²) in [4.78, 5) is 13.8. The fourth-order valence-corrected chi connectivity index (χ4v) is 1.58. The highest BCUT2D eigenvalue weighted by Crippen LogP contribution is 2.26. The molecule has 1 heterocycles. The molecule has 0 spiro atoms. The van der Waals surface area contributed by atoms with E-state index >= 15 is 0 Å². The number of hydrogen-bond donors (Lipinski definition) is 0. The van der Waals surface area contributed by atoms with Gasteiger partial charge in [-0.05, 0) is 35.5 Å². The Morgan fingerprint density at radius 1 is 1.06 bits per heavy atom. The van der Waals surface area contributed by atoms with E-state index in [1.807, 2.05) is 11.9 Å². The summed E-state index contributed by atoms with van der Waals surface area (Å²) in [6.45, 7) is 8.56. The van der Waals surface area contributed by atoms with Gasteiger partial charge in [0.2, 0.25) is 16.5 Å². The first-order valence-electron chi connectivity index (χ1n) is 5.01. The van der Waals surface area contributed by atoms with E-state index in [-0.39, 0.29) is 22.0 Å². The fraction of sp³-hybridized carbons (Fsp3) is 0.700. The van der Waals surface area contributed by atoms with Crippen molar-refractivity contribution in [3.63, 3.8) is 0 Å². The van der Waals surface area contributed by atoms with Gasteiger partial charge in [0.15, 0.2) is 0 Å². The molecule has 0 saturated heterocycles. The highest BCUT2D eigenvalue weighted by atomic mass is 35.5. The van der Waals surface area contributed by atoms with Crippen LogP contribution in [0.15, 0.2) is 0 Å². The summed E-state index contributed by atoms with van der Waals surface area (Å²) in [5.74, 6) is 0.493. The van der Waals surface area contributed by atoms with Gasteiger partial charge < -0.3 is 4.90 Å². The Bertz CT molecular complexity index is 355. The number of anilines is 1. The molecule has 0 radical (unpaired) electrons. The molecule has 16 heavy (non-hydrogen) atoms. The van der Waals surface area contributed by atoms with Crippen molar-refractivity contribution in [3.8, 4) is 0 Å². The van der Waals surface area contributed by atoms with Crippen LogP contribution in [0.4, 0.5) is 5.95 Å². The van der Waals surface area contributed by atoms with Crippen LogP contribution in [0, 0.1) is 5.41 Å². The zero-order chi connectivity index (χ0) is 12.5. The summed E-state index contributed by atoms with van der Waals surface area (Å²) in [5, 5.41) is 0.228. The minimum Gasteiger partial charge on any atom is -0.340 e. The molecule has 0 amide bonds. The first-order valence-corrected chi connectivity index (χ1v) is 5.77. The lowest BCUT2D eigenvalue weighted by Gasteiger charge is -2.35. The summed E-state index contributed by atoms with van der Waals surface area (Å²) < 4.78 is 0. The Morgan fingerprint density at radius 3 is 1.88 bits per heavy atom. The van der Waals surface area contributed by atoms with Gasteiger partial charge in [0.1, 0.15) is 0 Å². The molecular formula is C10H16Cl2N4. The Labute approximate surface area is 106 Å². The second-order valence-electron chi connectivity index (χ2n) is 4.83. The third-order valence-corrected chi connectivity index (χ3v) is 3.06. The van der Waals surface area contributed by atoms with Crippen molar-refractivity contribution >= 4 is 29.2 Å². The van der Waals surface area contributed by atoms with Crippen molar-refractivity contribution in [2.24, 2.45) is 5.41 Å². The molecule has 4 nitrogen and oxygen atoms in total. The van der Waals surface area contributed by atoms with Gasteiger partial charge in [-0.15, -0.1) is 0 Å².